The number of nitrogens with one attached hydrogen (secondary N) is 2. The molecule has 0 bridgehead atoms. The van der Waals surface area contributed by atoms with Crippen LogP contribution in [-0.2, 0) is 0 Å². The van der Waals surface area contributed by atoms with Crippen molar-refractivity contribution in [2.45, 2.75) is 0 Å². The van der Waals surface area contributed by atoms with E-state index in [0.717, 1.165) is 10.4 Å². The lowest BCUT2D eigenvalue weighted by Crippen LogP contribution is -2.14. The first-order valence-electron chi connectivity index (χ1n) is 9.16. The summed E-state index contributed by atoms with van der Waals surface area (Å²) in [4.78, 5) is 21.1. The molecule has 32 heavy (non-hydrogen) atoms. The fourth-order valence-corrected chi connectivity index (χ4v) is 4.84. The minimum atomic E-state index is -0.448. The van der Waals surface area contributed by atoms with E-state index < -0.39 is 5.91 Å². The van der Waals surface area contributed by atoms with Crippen LogP contribution in [0.1, 0.15) is 10.4 Å². The summed E-state index contributed by atoms with van der Waals surface area (Å²) in [5.41, 5.74) is 1.85. The Hall–Kier alpha value is -2.78. The van der Waals surface area contributed by atoms with Crippen LogP contribution in [0.4, 0.5) is 11.4 Å². The van der Waals surface area contributed by atoms with E-state index in [1.807, 2.05) is 30.3 Å². The second-order valence-electron chi connectivity index (χ2n) is 6.35. The molecule has 164 valence electrons. The van der Waals surface area contributed by atoms with E-state index in [9.17, 15) is 4.79 Å². The third-order valence-corrected chi connectivity index (χ3v) is 6.40. The van der Waals surface area contributed by atoms with Crippen LogP contribution in [0.3, 0.4) is 0 Å². The van der Waals surface area contributed by atoms with Crippen LogP contribution >= 0.6 is 46.1 Å². The maximum Gasteiger partial charge on any atom is 0.258 e. The zero-order valence-corrected chi connectivity index (χ0v) is 19.6. The number of nitrogens with zero attached hydrogens (tertiary/aromatic N) is 2. The molecule has 1 amide bonds. The number of rotatable bonds is 7. The molecule has 2 aromatic carbocycles. The normalized spacial score (nSPS) is 10.8. The number of fused-ring (bicyclic) bond motifs is 1. The summed E-state index contributed by atoms with van der Waals surface area (Å²) in [6, 6.07) is 9.45. The van der Waals surface area contributed by atoms with E-state index in [0.29, 0.717) is 11.1 Å². The number of ether oxygens (including phenoxy) is 2. The SMILES string of the molecule is COc1c(Cl)c(NC(=O)c2csc3cncnc23)c(Cl)c(OCNc2ccccc2)c1Cl. The number of anilines is 2. The summed E-state index contributed by atoms with van der Waals surface area (Å²) in [6.07, 6.45) is 3.02. The summed E-state index contributed by atoms with van der Waals surface area (Å²) in [6.45, 7) is 0.0632. The first-order valence-corrected chi connectivity index (χ1v) is 11.2. The van der Waals surface area contributed by atoms with Gasteiger partial charge in [-0.05, 0) is 12.1 Å². The molecular formula is C21H15Cl3N4O3S. The van der Waals surface area contributed by atoms with Gasteiger partial charge >= 0.3 is 0 Å². The molecule has 4 aromatic rings. The Labute approximate surface area is 202 Å². The fraction of sp³-hybridized carbons (Fsp3) is 0.0952. The Kier molecular flexibility index (Phi) is 6.86. The van der Waals surface area contributed by atoms with Crippen LogP contribution in [0.15, 0.2) is 48.2 Å². The molecule has 0 aliphatic rings. The number of aromatic nitrogens is 2. The van der Waals surface area contributed by atoms with Crippen LogP contribution < -0.4 is 20.1 Å². The van der Waals surface area contributed by atoms with Crippen molar-refractivity contribution >= 4 is 73.6 Å². The molecule has 0 unspecified atom stereocenters. The van der Waals surface area contributed by atoms with Crippen molar-refractivity contribution in [3.63, 3.8) is 0 Å². The Morgan fingerprint density at radius 3 is 2.59 bits per heavy atom. The molecule has 0 aliphatic heterocycles. The van der Waals surface area contributed by atoms with Crippen LogP contribution in [0, 0.1) is 0 Å². The smallest absolute Gasteiger partial charge is 0.258 e. The van der Waals surface area contributed by atoms with Crippen molar-refractivity contribution in [3.05, 3.63) is 68.9 Å². The first kappa shape index (κ1) is 22.4. The number of para-hydroxylation sites is 1. The highest BCUT2D eigenvalue weighted by molar-refractivity contribution is 7.17. The molecule has 7 nitrogen and oxygen atoms in total. The van der Waals surface area contributed by atoms with Crippen molar-refractivity contribution in [1.82, 2.24) is 9.97 Å². The highest BCUT2D eigenvalue weighted by Gasteiger charge is 2.26. The van der Waals surface area contributed by atoms with Gasteiger partial charge in [-0.1, -0.05) is 53.0 Å². The number of hydrogen-bond acceptors (Lipinski definition) is 7. The lowest BCUT2D eigenvalue weighted by atomic mass is 10.2. The van der Waals surface area contributed by atoms with Crippen LogP contribution in [0.5, 0.6) is 11.5 Å². The van der Waals surface area contributed by atoms with E-state index in [2.05, 4.69) is 20.6 Å². The fourth-order valence-electron chi connectivity index (χ4n) is 2.91. The lowest BCUT2D eigenvalue weighted by molar-refractivity contribution is 0.102. The highest BCUT2D eigenvalue weighted by atomic mass is 35.5. The molecule has 0 atom stereocenters. The number of amides is 1. The van der Waals surface area contributed by atoms with Gasteiger partial charge in [0.1, 0.15) is 21.4 Å². The van der Waals surface area contributed by atoms with Gasteiger partial charge < -0.3 is 20.1 Å². The third kappa shape index (κ3) is 4.40. The largest absolute Gasteiger partial charge is 0.493 e. The second-order valence-corrected chi connectivity index (χ2v) is 8.40. The van der Waals surface area contributed by atoms with E-state index in [4.69, 9.17) is 44.3 Å². The monoisotopic (exact) mass is 508 g/mol. The van der Waals surface area contributed by atoms with Crippen molar-refractivity contribution in [2.75, 3.05) is 24.5 Å². The van der Waals surface area contributed by atoms with E-state index in [1.165, 1.54) is 24.8 Å². The maximum absolute atomic E-state index is 13.0. The number of carbonyl (C=O) groups excluding carboxylic acids is 1. The Morgan fingerprint density at radius 1 is 1.09 bits per heavy atom. The molecule has 0 spiro atoms. The molecule has 0 saturated carbocycles. The predicted octanol–water partition coefficient (Wildman–Crippen LogP) is 6.36. The van der Waals surface area contributed by atoms with E-state index >= 15 is 0 Å². The van der Waals surface area contributed by atoms with Crippen LogP contribution in [0.25, 0.3) is 10.2 Å². The molecule has 0 radical (unpaired) electrons. The highest BCUT2D eigenvalue weighted by Crippen LogP contribution is 2.50. The molecule has 0 fully saturated rings. The minimum absolute atomic E-state index is 0.0400. The van der Waals surface area contributed by atoms with Gasteiger partial charge in [-0.2, -0.15) is 0 Å². The van der Waals surface area contributed by atoms with Crippen molar-refractivity contribution in [2.24, 2.45) is 0 Å². The van der Waals surface area contributed by atoms with Crippen LogP contribution in [0.2, 0.25) is 15.1 Å². The number of carbonyl (C=O) groups is 1. The van der Waals surface area contributed by atoms with Gasteiger partial charge in [0.25, 0.3) is 5.91 Å². The van der Waals surface area contributed by atoms with Gasteiger partial charge in [0.05, 0.1) is 28.6 Å². The summed E-state index contributed by atoms with van der Waals surface area (Å²) >= 11 is 20.7. The number of hydrogen-bond donors (Lipinski definition) is 2. The van der Waals surface area contributed by atoms with E-state index in [1.54, 1.807) is 11.6 Å². The Morgan fingerprint density at radius 2 is 1.84 bits per heavy atom. The second kappa shape index (κ2) is 9.79. The molecule has 2 heterocycles. The predicted molar refractivity (Wildman–Crippen MR) is 129 cm³/mol. The van der Waals surface area contributed by atoms with Crippen LogP contribution in [-0.4, -0.2) is 29.7 Å². The molecule has 0 aliphatic carbocycles. The standard InChI is InChI=1S/C21H15Cl3N4O3S/c1-30-19-14(22)18(28-21(29)12-8-32-13-7-25-9-26-17(12)13)15(23)20(16(19)24)31-10-27-11-5-3-2-4-6-11/h2-9,27H,10H2,1H3,(H,28,29). The summed E-state index contributed by atoms with van der Waals surface area (Å²) in [7, 11) is 1.40. The van der Waals surface area contributed by atoms with E-state index in [-0.39, 0.29) is 39.0 Å². The van der Waals surface area contributed by atoms with Crippen molar-refractivity contribution < 1.29 is 14.3 Å². The number of thiophene rings is 1. The Balaban J connectivity index is 1.63. The average molecular weight is 510 g/mol. The lowest BCUT2D eigenvalue weighted by Gasteiger charge is -2.19. The zero-order valence-electron chi connectivity index (χ0n) is 16.5. The molecule has 4 rings (SSSR count). The summed E-state index contributed by atoms with van der Waals surface area (Å²) in [5.74, 6) is -0.206. The molecular weight excluding hydrogens is 495 g/mol. The van der Waals surface area contributed by atoms with Gasteiger partial charge in [-0.3, -0.25) is 4.79 Å². The van der Waals surface area contributed by atoms with Gasteiger partial charge in [-0.25, -0.2) is 9.97 Å². The van der Waals surface area contributed by atoms with Gasteiger partial charge in [0.15, 0.2) is 18.2 Å². The van der Waals surface area contributed by atoms with Crippen molar-refractivity contribution in [3.8, 4) is 11.5 Å². The molecule has 2 N–H and O–H groups in total. The van der Waals surface area contributed by atoms with Gasteiger partial charge in [0, 0.05) is 17.3 Å². The summed E-state index contributed by atoms with van der Waals surface area (Å²) in [5, 5.41) is 7.68. The Bertz CT molecular complexity index is 1280. The van der Waals surface area contributed by atoms with Gasteiger partial charge in [-0.15, -0.1) is 11.3 Å². The average Bonchev–Trinajstić information content (AvgIpc) is 3.24. The molecule has 0 saturated heterocycles. The van der Waals surface area contributed by atoms with Crippen molar-refractivity contribution in [1.29, 1.82) is 0 Å². The minimum Gasteiger partial charge on any atom is -0.493 e. The number of methoxy groups -OCH3 is 1. The zero-order chi connectivity index (χ0) is 22.7. The first-order chi connectivity index (χ1) is 15.5. The van der Waals surface area contributed by atoms with Gasteiger partial charge in [0.2, 0.25) is 0 Å². The quantitative estimate of drug-likeness (QED) is 0.282. The topological polar surface area (TPSA) is 85.4 Å². The summed E-state index contributed by atoms with van der Waals surface area (Å²) < 4.78 is 11.9. The third-order valence-electron chi connectivity index (χ3n) is 4.43. The number of halogens is 3. The molecule has 2 aromatic heterocycles. The molecule has 11 heteroatoms. The number of benzene rings is 2. The maximum atomic E-state index is 13.0.